The molecule has 2 heterocycles. The quantitative estimate of drug-likeness (QED) is 0.652. The van der Waals surface area contributed by atoms with Crippen LogP contribution in [-0.4, -0.2) is 32.6 Å². The molecule has 27 heavy (non-hydrogen) atoms. The lowest BCUT2D eigenvalue weighted by molar-refractivity contribution is -0.122. The molecular formula is C20H20N4O3. The van der Waals surface area contributed by atoms with E-state index in [2.05, 4.69) is 15.4 Å². The number of nitrogens with zero attached hydrogens (tertiary/aromatic N) is 3. The van der Waals surface area contributed by atoms with Crippen molar-refractivity contribution < 1.29 is 14.3 Å². The van der Waals surface area contributed by atoms with Gasteiger partial charge >= 0.3 is 0 Å². The molecule has 1 atom stereocenters. The third-order valence-electron chi connectivity index (χ3n) is 3.91. The second kappa shape index (κ2) is 8.27. The van der Waals surface area contributed by atoms with Gasteiger partial charge in [0, 0.05) is 30.2 Å². The van der Waals surface area contributed by atoms with E-state index < -0.39 is 6.10 Å². The van der Waals surface area contributed by atoms with Crippen molar-refractivity contribution in [3.8, 4) is 5.75 Å². The number of ether oxygens (including phenoxy) is 1. The number of hydrogen-bond acceptors (Lipinski definition) is 5. The van der Waals surface area contributed by atoms with Crippen LogP contribution in [0.15, 0.2) is 61.1 Å². The second-order valence-electron chi connectivity index (χ2n) is 6.09. The summed E-state index contributed by atoms with van der Waals surface area (Å²) in [6, 6.07) is 12.3. The number of carbonyl (C=O) groups is 2. The van der Waals surface area contributed by atoms with Crippen molar-refractivity contribution in [1.82, 2.24) is 14.8 Å². The van der Waals surface area contributed by atoms with E-state index in [1.165, 1.54) is 6.92 Å². The van der Waals surface area contributed by atoms with E-state index in [9.17, 15) is 9.59 Å². The molecule has 2 aromatic heterocycles. The number of amides is 1. The maximum Gasteiger partial charge on any atom is 0.266 e. The van der Waals surface area contributed by atoms with E-state index in [0.29, 0.717) is 23.7 Å². The number of Topliss-reactive ketones (excluding diaryl/α,β-unsaturated/α-hetero) is 1. The number of pyridine rings is 1. The summed E-state index contributed by atoms with van der Waals surface area (Å²) in [6.45, 7) is 3.71. The lowest BCUT2D eigenvalue weighted by Crippen LogP contribution is -2.30. The van der Waals surface area contributed by atoms with Crippen LogP contribution in [0, 0.1) is 0 Å². The smallest absolute Gasteiger partial charge is 0.266 e. The Morgan fingerprint density at radius 3 is 2.70 bits per heavy atom. The zero-order valence-corrected chi connectivity index (χ0v) is 15.1. The van der Waals surface area contributed by atoms with Crippen LogP contribution in [0.2, 0.25) is 0 Å². The average molecular weight is 364 g/mol. The van der Waals surface area contributed by atoms with E-state index in [1.54, 1.807) is 60.5 Å². The number of rotatable bonds is 7. The topological polar surface area (TPSA) is 86.1 Å². The first-order chi connectivity index (χ1) is 13.0. The minimum atomic E-state index is -0.738. The van der Waals surface area contributed by atoms with Crippen molar-refractivity contribution in [3.63, 3.8) is 0 Å². The van der Waals surface area contributed by atoms with Crippen molar-refractivity contribution in [2.75, 3.05) is 5.32 Å². The predicted octanol–water partition coefficient (Wildman–Crippen LogP) is 2.94. The van der Waals surface area contributed by atoms with E-state index >= 15 is 0 Å². The molecule has 7 heteroatoms. The highest BCUT2D eigenvalue weighted by Gasteiger charge is 2.16. The van der Waals surface area contributed by atoms with Gasteiger partial charge in [0.05, 0.1) is 6.54 Å². The Kier molecular flexibility index (Phi) is 5.61. The molecule has 0 bridgehead atoms. The Hall–Kier alpha value is -3.48. The Morgan fingerprint density at radius 2 is 1.96 bits per heavy atom. The highest BCUT2D eigenvalue weighted by atomic mass is 16.5. The first-order valence-electron chi connectivity index (χ1n) is 8.52. The van der Waals surface area contributed by atoms with Gasteiger partial charge in [-0.3, -0.25) is 19.3 Å². The minimum absolute atomic E-state index is 0.0581. The van der Waals surface area contributed by atoms with Gasteiger partial charge in [-0.15, -0.1) is 0 Å². The number of nitrogens with one attached hydrogen (secondary N) is 1. The van der Waals surface area contributed by atoms with Crippen LogP contribution in [0.1, 0.15) is 29.8 Å². The third kappa shape index (κ3) is 5.01. The van der Waals surface area contributed by atoms with Crippen molar-refractivity contribution in [2.24, 2.45) is 0 Å². The Morgan fingerprint density at radius 1 is 1.19 bits per heavy atom. The number of ketones is 1. The predicted molar refractivity (Wildman–Crippen MR) is 101 cm³/mol. The average Bonchev–Trinajstić information content (AvgIpc) is 3.09. The molecule has 0 saturated heterocycles. The highest BCUT2D eigenvalue weighted by Crippen LogP contribution is 2.16. The zero-order valence-electron chi connectivity index (χ0n) is 15.1. The SMILES string of the molecule is CC(=O)c1cccc(OC(C)C(=O)Nc2ccn(Cc3ccncc3)n2)c1. The lowest BCUT2D eigenvalue weighted by atomic mass is 10.1. The molecule has 1 amide bonds. The molecule has 0 aliphatic rings. The molecule has 3 rings (SSSR count). The maximum atomic E-state index is 12.3. The van der Waals surface area contributed by atoms with Gasteiger partial charge in [0.1, 0.15) is 5.75 Å². The fourth-order valence-electron chi connectivity index (χ4n) is 2.47. The minimum Gasteiger partial charge on any atom is -0.481 e. The number of hydrogen-bond donors (Lipinski definition) is 1. The second-order valence-corrected chi connectivity index (χ2v) is 6.09. The van der Waals surface area contributed by atoms with Crippen LogP contribution in [-0.2, 0) is 11.3 Å². The molecule has 3 aromatic rings. The van der Waals surface area contributed by atoms with Crippen LogP contribution in [0.3, 0.4) is 0 Å². The molecule has 138 valence electrons. The Balaban J connectivity index is 1.58. The summed E-state index contributed by atoms with van der Waals surface area (Å²) >= 11 is 0. The summed E-state index contributed by atoms with van der Waals surface area (Å²) in [5, 5.41) is 7.07. The number of benzene rings is 1. The summed E-state index contributed by atoms with van der Waals surface area (Å²) in [7, 11) is 0. The molecule has 1 N–H and O–H groups in total. The van der Waals surface area contributed by atoms with Gasteiger partial charge in [-0.05, 0) is 43.7 Å². The van der Waals surface area contributed by atoms with Gasteiger partial charge in [0.25, 0.3) is 5.91 Å². The summed E-state index contributed by atoms with van der Waals surface area (Å²) in [5.41, 5.74) is 1.60. The van der Waals surface area contributed by atoms with Crippen LogP contribution < -0.4 is 10.1 Å². The standard InChI is InChI=1S/C20H20N4O3/c1-14(25)17-4-3-5-18(12-17)27-15(2)20(26)22-19-8-11-24(23-19)13-16-6-9-21-10-7-16/h3-12,15H,13H2,1-2H3,(H,22,23,26). The van der Waals surface area contributed by atoms with Crippen LogP contribution in [0.4, 0.5) is 5.82 Å². The Labute approximate surface area is 157 Å². The van der Waals surface area contributed by atoms with Crippen molar-refractivity contribution in [1.29, 1.82) is 0 Å². The molecular weight excluding hydrogens is 344 g/mol. The van der Waals surface area contributed by atoms with Crippen molar-refractivity contribution in [3.05, 3.63) is 72.2 Å². The highest BCUT2D eigenvalue weighted by molar-refractivity contribution is 5.95. The van der Waals surface area contributed by atoms with Crippen LogP contribution >= 0.6 is 0 Å². The van der Waals surface area contributed by atoms with Gasteiger partial charge in [0.2, 0.25) is 0 Å². The first-order valence-corrected chi connectivity index (χ1v) is 8.52. The normalized spacial score (nSPS) is 11.6. The van der Waals surface area contributed by atoms with Gasteiger partial charge in [-0.2, -0.15) is 5.10 Å². The van der Waals surface area contributed by atoms with Crippen molar-refractivity contribution in [2.45, 2.75) is 26.5 Å². The van der Waals surface area contributed by atoms with E-state index in [1.807, 2.05) is 12.1 Å². The van der Waals surface area contributed by atoms with Gasteiger partial charge in [-0.1, -0.05) is 12.1 Å². The molecule has 1 aromatic carbocycles. The summed E-state index contributed by atoms with van der Waals surface area (Å²) in [5.74, 6) is 0.533. The molecule has 0 aliphatic carbocycles. The van der Waals surface area contributed by atoms with E-state index in [4.69, 9.17) is 4.74 Å². The third-order valence-corrected chi connectivity index (χ3v) is 3.91. The van der Waals surface area contributed by atoms with Crippen LogP contribution in [0.5, 0.6) is 5.75 Å². The van der Waals surface area contributed by atoms with Crippen LogP contribution in [0.25, 0.3) is 0 Å². The fraction of sp³-hybridized carbons (Fsp3) is 0.200. The van der Waals surface area contributed by atoms with Gasteiger partial charge < -0.3 is 10.1 Å². The molecule has 0 saturated carbocycles. The number of anilines is 1. The molecule has 0 aliphatic heterocycles. The van der Waals surface area contributed by atoms with E-state index in [-0.39, 0.29) is 11.7 Å². The number of aromatic nitrogens is 3. The van der Waals surface area contributed by atoms with E-state index in [0.717, 1.165) is 5.56 Å². The molecule has 1 unspecified atom stereocenters. The summed E-state index contributed by atoms with van der Waals surface area (Å²) < 4.78 is 7.36. The number of carbonyl (C=O) groups excluding carboxylic acids is 2. The molecule has 0 fully saturated rings. The summed E-state index contributed by atoms with van der Waals surface area (Å²) in [4.78, 5) is 27.8. The zero-order chi connectivity index (χ0) is 19.2. The van der Waals surface area contributed by atoms with Crippen molar-refractivity contribution >= 4 is 17.5 Å². The molecule has 7 nitrogen and oxygen atoms in total. The summed E-state index contributed by atoms with van der Waals surface area (Å²) in [6.07, 6.45) is 4.50. The fourth-order valence-corrected chi connectivity index (χ4v) is 2.47. The Bertz CT molecular complexity index is 937. The first kappa shape index (κ1) is 18.3. The largest absolute Gasteiger partial charge is 0.481 e. The van der Waals surface area contributed by atoms with Gasteiger partial charge in [-0.25, -0.2) is 0 Å². The lowest BCUT2D eigenvalue weighted by Gasteiger charge is -2.14. The molecule has 0 radical (unpaired) electrons. The maximum absolute atomic E-state index is 12.3. The molecule has 0 spiro atoms. The monoisotopic (exact) mass is 364 g/mol. The van der Waals surface area contributed by atoms with Gasteiger partial charge in [0.15, 0.2) is 17.7 Å².